The van der Waals surface area contributed by atoms with Gasteiger partial charge in [-0.25, -0.2) is 0 Å². The average molecular weight is 194 g/mol. The van der Waals surface area contributed by atoms with Crippen molar-refractivity contribution >= 4 is 5.78 Å². The molecule has 1 aromatic rings. The molecule has 0 radical (unpaired) electrons. The van der Waals surface area contributed by atoms with Crippen molar-refractivity contribution in [2.24, 2.45) is 0 Å². The third kappa shape index (κ3) is 2.57. The van der Waals surface area contributed by atoms with Gasteiger partial charge in [0, 0.05) is 5.56 Å². The van der Waals surface area contributed by atoms with E-state index >= 15 is 0 Å². The summed E-state index contributed by atoms with van der Waals surface area (Å²) in [6.45, 7) is 1.51. The van der Waals surface area contributed by atoms with Gasteiger partial charge in [0.15, 0.2) is 5.78 Å². The van der Waals surface area contributed by atoms with Crippen LogP contribution in [0.1, 0.15) is 29.3 Å². The number of carbonyl (C=O) groups is 1. The van der Waals surface area contributed by atoms with Gasteiger partial charge in [-0.3, -0.25) is 4.79 Å². The fourth-order valence-electron chi connectivity index (χ4n) is 1.36. The number of ketones is 1. The third-order valence-corrected chi connectivity index (χ3v) is 1.98. The Bertz CT molecular complexity index is 331. The van der Waals surface area contributed by atoms with Crippen LogP contribution in [0.2, 0.25) is 0 Å². The molecule has 0 atom stereocenters. The SMILES string of the molecule is CCCc1cc(O)cc(C(=O)CO)c1. The Hall–Kier alpha value is -1.35. The Kier molecular flexibility index (Phi) is 3.65. The van der Waals surface area contributed by atoms with Crippen LogP contribution in [-0.2, 0) is 6.42 Å². The van der Waals surface area contributed by atoms with E-state index in [9.17, 15) is 9.90 Å². The van der Waals surface area contributed by atoms with Crippen LogP contribution in [0, 0.1) is 0 Å². The van der Waals surface area contributed by atoms with E-state index in [1.807, 2.05) is 6.92 Å². The summed E-state index contributed by atoms with van der Waals surface area (Å²) in [4.78, 5) is 11.2. The molecule has 0 amide bonds. The molecule has 0 bridgehead atoms. The Morgan fingerprint density at radius 2 is 2.07 bits per heavy atom. The van der Waals surface area contributed by atoms with Crippen LogP contribution in [0.15, 0.2) is 18.2 Å². The van der Waals surface area contributed by atoms with Crippen LogP contribution >= 0.6 is 0 Å². The summed E-state index contributed by atoms with van der Waals surface area (Å²) in [5, 5.41) is 18.0. The largest absolute Gasteiger partial charge is 0.508 e. The smallest absolute Gasteiger partial charge is 0.188 e. The van der Waals surface area contributed by atoms with Gasteiger partial charge in [0.2, 0.25) is 0 Å². The number of aromatic hydroxyl groups is 1. The maximum atomic E-state index is 11.2. The van der Waals surface area contributed by atoms with Crippen molar-refractivity contribution in [2.75, 3.05) is 6.61 Å². The molecule has 0 unspecified atom stereocenters. The van der Waals surface area contributed by atoms with E-state index in [1.165, 1.54) is 6.07 Å². The normalized spacial score (nSPS) is 10.1. The van der Waals surface area contributed by atoms with Gasteiger partial charge in [0.25, 0.3) is 0 Å². The topological polar surface area (TPSA) is 57.5 Å². The molecule has 0 saturated heterocycles. The molecule has 3 heteroatoms. The van der Waals surface area contributed by atoms with E-state index in [0.29, 0.717) is 5.56 Å². The van der Waals surface area contributed by atoms with E-state index in [2.05, 4.69) is 0 Å². The van der Waals surface area contributed by atoms with Crippen LogP contribution < -0.4 is 0 Å². The molecular weight excluding hydrogens is 180 g/mol. The molecule has 0 saturated carbocycles. The fourth-order valence-corrected chi connectivity index (χ4v) is 1.36. The van der Waals surface area contributed by atoms with Crippen LogP contribution in [0.5, 0.6) is 5.75 Å². The highest BCUT2D eigenvalue weighted by Crippen LogP contribution is 2.17. The van der Waals surface area contributed by atoms with E-state index in [1.54, 1.807) is 12.1 Å². The van der Waals surface area contributed by atoms with Crippen molar-refractivity contribution in [1.82, 2.24) is 0 Å². The summed E-state index contributed by atoms with van der Waals surface area (Å²) in [6.07, 6.45) is 1.77. The van der Waals surface area contributed by atoms with Gasteiger partial charge in [0.1, 0.15) is 12.4 Å². The van der Waals surface area contributed by atoms with E-state index < -0.39 is 6.61 Å². The van der Waals surface area contributed by atoms with Gasteiger partial charge in [-0.1, -0.05) is 13.3 Å². The van der Waals surface area contributed by atoms with Crippen LogP contribution in [0.4, 0.5) is 0 Å². The lowest BCUT2D eigenvalue weighted by molar-refractivity contribution is 0.0903. The monoisotopic (exact) mass is 194 g/mol. The molecule has 0 aliphatic carbocycles. The summed E-state index contributed by atoms with van der Waals surface area (Å²) < 4.78 is 0. The summed E-state index contributed by atoms with van der Waals surface area (Å²) in [5.41, 5.74) is 1.29. The summed E-state index contributed by atoms with van der Waals surface area (Å²) >= 11 is 0. The second-order valence-electron chi connectivity index (χ2n) is 3.22. The Balaban J connectivity index is 3.00. The van der Waals surface area contributed by atoms with Crippen LogP contribution in [-0.4, -0.2) is 22.6 Å². The van der Waals surface area contributed by atoms with E-state index in [0.717, 1.165) is 18.4 Å². The van der Waals surface area contributed by atoms with Crippen LogP contribution in [0.3, 0.4) is 0 Å². The number of aliphatic hydroxyl groups excluding tert-OH is 1. The van der Waals surface area contributed by atoms with Crippen molar-refractivity contribution in [3.63, 3.8) is 0 Å². The third-order valence-electron chi connectivity index (χ3n) is 1.98. The first-order chi connectivity index (χ1) is 6.67. The first-order valence-corrected chi connectivity index (χ1v) is 4.64. The molecule has 76 valence electrons. The van der Waals surface area contributed by atoms with Crippen LogP contribution in [0.25, 0.3) is 0 Å². The molecule has 14 heavy (non-hydrogen) atoms. The Morgan fingerprint density at radius 1 is 1.36 bits per heavy atom. The van der Waals surface area contributed by atoms with Crippen molar-refractivity contribution < 1.29 is 15.0 Å². The first-order valence-electron chi connectivity index (χ1n) is 4.64. The van der Waals surface area contributed by atoms with Gasteiger partial charge in [-0.05, 0) is 30.2 Å². The van der Waals surface area contributed by atoms with Gasteiger partial charge in [-0.2, -0.15) is 0 Å². The summed E-state index contributed by atoms with van der Waals surface area (Å²) in [5.74, 6) is -0.286. The molecule has 1 rings (SSSR count). The zero-order chi connectivity index (χ0) is 10.6. The summed E-state index contributed by atoms with van der Waals surface area (Å²) in [7, 11) is 0. The number of Topliss-reactive ketones (excluding diaryl/α,β-unsaturated/α-hetero) is 1. The number of rotatable bonds is 4. The highest BCUT2D eigenvalue weighted by molar-refractivity contribution is 5.97. The van der Waals surface area contributed by atoms with Gasteiger partial charge in [0.05, 0.1) is 0 Å². The molecule has 0 aliphatic heterocycles. The molecule has 2 N–H and O–H groups in total. The number of phenolic OH excluding ortho intramolecular Hbond substituents is 1. The zero-order valence-corrected chi connectivity index (χ0v) is 8.16. The van der Waals surface area contributed by atoms with Crippen molar-refractivity contribution in [3.8, 4) is 5.75 Å². The number of hydrogen-bond donors (Lipinski definition) is 2. The lowest BCUT2D eigenvalue weighted by Crippen LogP contribution is -2.04. The number of carbonyl (C=O) groups excluding carboxylic acids is 1. The van der Waals surface area contributed by atoms with Crippen molar-refractivity contribution in [3.05, 3.63) is 29.3 Å². The number of phenols is 1. The Labute approximate surface area is 83.0 Å². The second-order valence-corrected chi connectivity index (χ2v) is 3.22. The lowest BCUT2D eigenvalue weighted by atomic mass is 10.0. The number of hydrogen-bond acceptors (Lipinski definition) is 3. The second kappa shape index (κ2) is 4.77. The maximum absolute atomic E-state index is 11.2. The van der Waals surface area contributed by atoms with Crippen molar-refractivity contribution in [2.45, 2.75) is 19.8 Å². The number of aliphatic hydroxyl groups is 1. The molecule has 0 aliphatic rings. The van der Waals surface area contributed by atoms with Gasteiger partial charge >= 0.3 is 0 Å². The number of aryl methyl sites for hydroxylation is 1. The lowest BCUT2D eigenvalue weighted by Gasteiger charge is -2.03. The standard InChI is InChI=1S/C11H14O3/c1-2-3-8-4-9(11(14)7-12)6-10(13)5-8/h4-6,12-13H,2-3,7H2,1H3. The van der Waals surface area contributed by atoms with Crippen molar-refractivity contribution in [1.29, 1.82) is 0 Å². The Morgan fingerprint density at radius 3 is 2.64 bits per heavy atom. The van der Waals surface area contributed by atoms with E-state index in [-0.39, 0.29) is 11.5 Å². The highest BCUT2D eigenvalue weighted by atomic mass is 16.3. The average Bonchev–Trinajstić information content (AvgIpc) is 2.16. The predicted octanol–water partition coefficient (Wildman–Crippen LogP) is 1.52. The molecule has 1 aromatic carbocycles. The number of benzene rings is 1. The maximum Gasteiger partial charge on any atom is 0.188 e. The van der Waals surface area contributed by atoms with Gasteiger partial charge in [-0.15, -0.1) is 0 Å². The van der Waals surface area contributed by atoms with Gasteiger partial charge < -0.3 is 10.2 Å². The summed E-state index contributed by atoms with van der Waals surface area (Å²) in [6, 6.07) is 4.72. The minimum atomic E-state index is -0.519. The van der Waals surface area contributed by atoms with E-state index in [4.69, 9.17) is 5.11 Å². The predicted molar refractivity (Wildman–Crippen MR) is 53.5 cm³/mol. The highest BCUT2D eigenvalue weighted by Gasteiger charge is 2.06. The molecule has 0 spiro atoms. The molecule has 0 fully saturated rings. The molecule has 0 aromatic heterocycles. The quantitative estimate of drug-likeness (QED) is 0.714. The first kappa shape index (κ1) is 10.7. The minimum Gasteiger partial charge on any atom is -0.508 e. The molecule has 0 heterocycles. The molecule has 3 nitrogen and oxygen atoms in total. The fraction of sp³-hybridized carbons (Fsp3) is 0.364. The minimum absolute atomic E-state index is 0.0766. The zero-order valence-electron chi connectivity index (χ0n) is 8.16. The molecular formula is C11H14O3.